The summed E-state index contributed by atoms with van der Waals surface area (Å²) in [5.74, 6) is -0.0812. The zero-order chi connectivity index (χ0) is 18.0. The summed E-state index contributed by atoms with van der Waals surface area (Å²) in [5, 5.41) is 9.77. The van der Waals surface area contributed by atoms with Crippen molar-refractivity contribution in [3.8, 4) is 5.69 Å². The first-order valence-electron chi connectivity index (χ1n) is 7.38. The molecule has 128 valence electrons. The highest BCUT2D eigenvalue weighted by atomic mass is 127. The second-order valence-electron chi connectivity index (χ2n) is 5.36. The van der Waals surface area contributed by atoms with Crippen LogP contribution in [-0.4, -0.2) is 26.0 Å². The number of rotatable bonds is 4. The summed E-state index contributed by atoms with van der Waals surface area (Å²) < 4.78 is 3.30. The van der Waals surface area contributed by atoms with Crippen LogP contribution in [0.5, 0.6) is 0 Å². The Labute approximate surface area is 156 Å². The molecule has 8 nitrogen and oxygen atoms in total. The van der Waals surface area contributed by atoms with E-state index in [4.69, 9.17) is 0 Å². The molecule has 3 rings (SSSR count). The molecule has 2 heterocycles. The van der Waals surface area contributed by atoms with E-state index in [-0.39, 0.29) is 5.82 Å². The molecule has 0 saturated heterocycles. The largest absolute Gasteiger partial charge is 0.342 e. The number of aryl methyl sites for hydroxylation is 1. The monoisotopic (exact) mass is 450 g/mol. The Morgan fingerprint density at radius 3 is 2.64 bits per heavy atom. The van der Waals surface area contributed by atoms with Crippen molar-refractivity contribution in [1.82, 2.24) is 19.7 Å². The molecule has 0 atom stereocenters. The second-order valence-corrected chi connectivity index (χ2v) is 6.61. The van der Waals surface area contributed by atoms with Crippen molar-refractivity contribution in [1.29, 1.82) is 0 Å². The molecule has 0 amide bonds. The number of hydrogen-bond acceptors (Lipinski definition) is 5. The average Bonchev–Trinajstić information content (AvgIpc) is 2.85. The molecule has 25 heavy (non-hydrogen) atoms. The lowest BCUT2D eigenvalue weighted by Gasteiger charge is -2.09. The molecule has 3 N–H and O–H groups in total. The maximum Gasteiger partial charge on any atom is 0.342 e. The van der Waals surface area contributed by atoms with Gasteiger partial charge in [-0.05, 0) is 66.8 Å². The fourth-order valence-corrected chi connectivity index (χ4v) is 2.85. The summed E-state index contributed by atoms with van der Waals surface area (Å²) in [6.45, 7) is 4.02. The van der Waals surface area contributed by atoms with Gasteiger partial charge in [0.15, 0.2) is 0 Å². The van der Waals surface area contributed by atoms with Crippen molar-refractivity contribution in [3.63, 3.8) is 0 Å². The first-order valence-corrected chi connectivity index (χ1v) is 8.46. The number of aromatic amines is 2. The predicted octanol–water partition coefficient (Wildman–Crippen LogP) is 1.92. The molecule has 1 aromatic carbocycles. The minimum absolute atomic E-state index is 0.0812. The molecule has 0 unspecified atom stereocenters. The van der Waals surface area contributed by atoms with E-state index in [0.29, 0.717) is 0 Å². The Kier molecular flexibility index (Phi) is 4.83. The number of nitrogens with zero attached hydrogens (tertiary/aromatic N) is 3. The number of hydrazone groups is 1. The quantitative estimate of drug-likeness (QED) is 0.321. The van der Waals surface area contributed by atoms with Gasteiger partial charge in [0.1, 0.15) is 0 Å². The van der Waals surface area contributed by atoms with Gasteiger partial charge < -0.3 is 4.57 Å². The van der Waals surface area contributed by atoms with E-state index >= 15 is 0 Å². The van der Waals surface area contributed by atoms with Crippen molar-refractivity contribution in [2.75, 3.05) is 5.43 Å². The number of anilines is 1. The number of hydrogen-bond donors (Lipinski definition) is 3. The van der Waals surface area contributed by atoms with Gasteiger partial charge in [-0.2, -0.15) is 5.10 Å². The molecule has 2 aromatic heterocycles. The van der Waals surface area contributed by atoms with Crippen molar-refractivity contribution >= 4 is 34.6 Å². The van der Waals surface area contributed by atoms with Crippen LogP contribution in [0.25, 0.3) is 5.69 Å². The Hall–Kier alpha value is -2.69. The van der Waals surface area contributed by atoms with E-state index in [1.54, 1.807) is 6.21 Å². The fourth-order valence-electron chi connectivity index (χ4n) is 2.49. The highest BCUT2D eigenvalue weighted by molar-refractivity contribution is 14.1. The van der Waals surface area contributed by atoms with Gasteiger partial charge >= 0.3 is 5.69 Å². The highest BCUT2D eigenvalue weighted by Gasteiger charge is 2.09. The van der Waals surface area contributed by atoms with E-state index in [2.05, 4.69) is 77.1 Å². The average molecular weight is 450 g/mol. The molecule has 0 aliphatic rings. The number of halogens is 1. The molecule has 0 aliphatic carbocycles. The summed E-state index contributed by atoms with van der Waals surface area (Å²) in [5.41, 5.74) is 5.29. The van der Waals surface area contributed by atoms with Gasteiger partial charge in [-0.3, -0.25) is 15.2 Å². The number of benzene rings is 1. The van der Waals surface area contributed by atoms with Gasteiger partial charge in [-0.15, -0.1) is 5.10 Å². The summed E-state index contributed by atoms with van der Waals surface area (Å²) in [4.78, 5) is 24.5. The lowest BCUT2D eigenvalue weighted by Crippen LogP contribution is -2.25. The third-order valence-corrected chi connectivity index (χ3v) is 4.36. The summed E-state index contributed by atoms with van der Waals surface area (Å²) in [7, 11) is 0. The molecule has 0 spiro atoms. The van der Waals surface area contributed by atoms with E-state index in [0.717, 1.165) is 22.6 Å². The third-order valence-electron chi connectivity index (χ3n) is 3.64. The van der Waals surface area contributed by atoms with Crippen LogP contribution in [0.4, 0.5) is 5.82 Å². The molecule has 0 fully saturated rings. The summed E-state index contributed by atoms with van der Waals surface area (Å²) >= 11 is 2.27. The van der Waals surface area contributed by atoms with Gasteiger partial charge in [-0.1, -0.05) is 0 Å². The topological polar surface area (TPSA) is 108 Å². The van der Waals surface area contributed by atoms with Crippen LogP contribution in [0.3, 0.4) is 0 Å². The van der Waals surface area contributed by atoms with Gasteiger partial charge in [0, 0.05) is 26.2 Å². The number of nitrogens with one attached hydrogen (secondary N) is 3. The Balaban J connectivity index is 1.86. The van der Waals surface area contributed by atoms with Gasteiger partial charge in [0.05, 0.1) is 6.21 Å². The van der Waals surface area contributed by atoms with Crippen LogP contribution in [0.15, 0.2) is 45.0 Å². The molecule has 0 aliphatic heterocycles. The fraction of sp³-hybridized carbons (Fsp3) is 0.125. The van der Waals surface area contributed by atoms with Gasteiger partial charge in [0.2, 0.25) is 5.82 Å². The number of aromatic nitrogens is 4. The lowest BCUT2D eigenvalue weighted by molar-refractivity contribution is 0.890. The Morgan fingerprint density at radius 1 is 1.24 bits per heavy atom. The van der Waals surface area contributed by atoms with Crippen molar-refractivity contribution in [3.05, 3.63) is 71.7 Å². The van der Waals surface area contributed by atoms with E-state index < -0.39 is 11.2 Å². The van der Waals surface area contributed by atoms with Crippen LogP contribution >= 0.6 is 22.6 Å². The minimum atomic E-state index is -0.666. The summed E-state index contributed by atoms with van der Waals surface area (Å²) in [6.07, 6.45) is 1.61. The minimum Gasteiger partial charge on any atom is -0.318 e. The first-order chi connectivity index (χ1) is 12.0. The van der Waals surface area contributed by atoms with E-state index in [1.807, 2.05) is 19.9 Å². The van der Waals surface area contributed by atoms with Crippen molar-refractivity contribution in [2.45, 2.75) is 13.8 Å². The Morgan fingerprint density at radius 2 is 1.96 bits per heavy atom. The van der Waals surface area contributed by atoms with Crippen LogP contribution in [0, 0.1) is 17.4 Å². The molecule has 9 heteroatoms. The SMILES string of the molecule is Cc1cc(/C=N\Nc2n[nH]c(=O)[nH]c2=O)c(C)n1-c1ccc(I)cc1. The van der Waals surface area contributed by atoms with Crippen molar-refractivity contribution in [2.24, 2.45) is 5.10 Å². The molecule has 3 aromatic rings. The standard InChI is InChI=1S/C16H15IN6O2/c1-9-7-11(8-18-20-14-15(24)19-16(25)22-21-14)10(2)23(9)13-5-3-12(17)4-6-13/h3-8H,1-2H3,(H,20,21)(H2,19,22,24,25)/b18-8-. The molecule has 0 saturated carbocycles. The van der Waals surface area contributed by atoms with Gasteiger partial charge in [-0.25, -0.2) is 9.89 Å². The number of H-pyrrole nitrogens is 2. The predicted molar refractivity (Wildman–Crippen MR) is 105 cm³/mol. The van der Waals surface area contributed by atoms with Crippen LogP contribution in [-0.2, 0) is 0 Å². The second kappa shape index (κ2) is 7.05. The maximum atomic E-state index is 11.5. The smallest absolute Gasteiger partial charge is 0.318 e. The molecule has 0 radical (unpaired) electrons. The van der Waals surface area contributed by atoms with Crippen LogP contribution in [0.1, 0.15) is 17.0 Å². The first kappa shape index (κ1) is 17.1. The maximum absolute atomic E-state index is 11.5. The van der Waals surface area contributed by atoms with E-state index in [9.17, 15) is 9.59 Å². The van der Waals surface area contributed by atoms with Crippen LogP contribution < -0.4 is 16.7 Å². The van der Waals surface area contributed by atoms with Gasteiger partial charge in [0.25, 0.3) is 5.56 Å². The third kappa shape index (κ3) is 3.71. The molecule has 0 bridgehead atoms. The van der Waals surface area contributed by atoms with E-state index in [1.165, 1.54) is 3.57 Å². The Bertz CT molecular complexity index is 1050. The molecular formula is C16H15IN6O2. The van der Waals surface area contributed by atoms with Crippen molar-refractivity contribution < 1.29 is 0 Å². The zero-order valence-electron chi connectivity index (χ0n) is 13.5. The molecular weight excluding hydrogens is 435 g/mol. The normalized spacial score (nSPS) is 11.2. The lowest BCUT2D eigenvalue weighted by atomic mass is 10.2. The summed E-state index contributed by atoms with van der Waals surface area (Å²) in [6, 6.07) is 10.2. The zero-order valence-corrected chi connectivity index (χ0v) is 15.7. The highest BCUT2D eigenvalue weighted by Crippen LogP contribution is 2.20. The van der Waals surface area contributed by atoms with Crippen LogP contribution in [0.2, 0.25) is 0 Å².